The zero-order valence-corrected chi connectivity index (χ0v) is 29.0. The van der Waals surface area contributed by atoms with Crippen molar-refractivity contribution in [2.24, 2.45) is 0 Å². The Morgan fingerprint density at radius 3 is 1.41 bits per heavy atom. The van der Waals surface area contributed by atoms with Gasteiger partial charge in [0, 0.05) is 33.2 Å². The predicted octanol–water partition coefficient (Wildman–Crippen LogP) is 11.4. The van der Waals surface area contributed by atoms with E-state index in [-0.39, 0.29) is 0 Å². The largest absolute Gasteiger partial charge is 0.228 e. The fraction of sp³-hybridized carbons (Fsp3) is 0. The lowest BCUT2D eigenvalue weighted by Crippen LogP contribution is -2.00. The average molecular weight is 691 g/mol. The van der Waals surface area contributed by atoms with Crippen LogP contribution in [0.5, 0.6) is 0 Å². The van der Waals surface area contributed by atoms with E-state index in [0.29, 0.717) is 28.9 Å². The molecule has 252 valence electrons. The van der Waals surface area contributed by atoms with E-state index in [0.717, 1.165) is 66.7 Å². The van der Waals surface area contributed by atoms with Crippen LogP contribution in [0.15, 0.2) is 182 Å². The first kappa shape index (κ1) is 32.3. The molecule has 9 aromatic rings. The van der Waals surface area contributed by atoms with Crippen LogP contribution in [0.25, 0.3) is 90.0 Å². The molecular formula is C48H30N6. The molecule has 0 fully saturated rings. The van der Waals surface area contributed by atoms with Crippen LogP contribution < -0.4 is 0 Å². The van der Waals surface area contributed by atoms with Gasteiger partial charge in [-0.15, -0.1) is 0 Å². The fourth-order valence-electron chi connectivity index (χ4n) is 6.77. The molecule has 0 aliphatic rings. The topological polar surface area (TPSA) is 88.2 Å². The van der Waals surface area contributed by atoms with E-state index in [1.54, 1.807) is 0 Å². The van der Waals surface area contributed by atoms with E-state index in [9.17, 15) is 5.26 Å². The summed E-state index contributed by atoms with van der Waals surface area (Å²) in [6.45, 7) is 0. The Morgan fingerprint density at radius 1 is 0.333 bits per heavy atom. The molecule has 0 saturated heterocycles. The molecule has 7 aromatic carbocycles. The smallest absolute Gasteiger partial charge is 0.164 e. The van der Waals surface area contributed by atoms with Crippen LogP contribution in [0.4, 0.5) is 0 Å². The molecule has 2 heterocycles. The van der Waals surface area contributed by atoms with Crippen LogP contribution in [0.3, 0.4) is 0 Å². The Labute approximate surface area is 312 Å². The number of aromatic nitrogens is 5. The molecule has 0 radical (unpaired) electrons. The van der Waals surface area contributed by atoms with Gasteiger partial charge in [0.15, 0.2) is 23.3 Å². The molecule has 0 bridgehead atoms. The van der Waals surface area contributed by atoms with Crippen molar-refractivity contribution in [3.05, 3.63) is 188 Å². The van der Waals surface area contributed by atoms with E-state index in [1.807, 2.05) is 140 Å². The number of hydrogen-bond donors (Lipinski definition) is 0. The minimum absolute atomic E-state index is 0.543. The van der Waals surface area contributed by atoms with E-state index in [4.69, 9.17) is 24.9 Å². The maximum absolute atomic E-state index is 9.79. The Kier molecular flexibility index (Phi) is 8.48. The van der Waals surface area contributed by atoms with Crippen molar-refractivity contribution < 1.29 is 0 Å². The number of para-hydroxylation sites is 1. The highest BCUT2D eigenvalue weighted by molar-refractivity contribution is 5.98. The van der Waals surface area contributed by atoms with Gasteiger partial charge in [0.2, 0.25) is 0 Å². The molecular weight excluding hydrogens is 661 g/mol. The standard InChI is InChI=1S/C48H30N6/c49-31-38-19-7-8-24-39(38)34-20-13-22-36(29-34)47-52-46(33-17-5-2-6-18-33)53-48(54-47)37-23-14-21-35(30-37)40-25-9-10-26-41(40)44-42-27-11-12-28-43(42)50-45(51-44)32-15-3-1-4-16-32/h1-30H. The van der Waals surface area contributed by atoms with Gasteiger partial charge >= 0.3 is 0 Å². The maximum Gasteiger partial charge on any atom is 0.164 e. The summed E-state index contributed by atoms with van der Waals surface area (Å²) in [6.07, 6.45) is 0. The van der Waals surface area contributed by atoms with Crippen LogP contribution >= 0.6 is 0 Å². The number of fused-ring (bicyclic) bond motifs is 1. The first-order valence-corrected chi connectivity index (χ1v) is 17.7. The molecule has 6 nitrogen and oxygen atoms in total. The molecule has 0 saturated carbocycles. The lowest BCUT2D eigenvalue weighted by atomic mass is 9.94. The first-order valence-electron chi connectivity index (χ1n) is 17.7. The zero-order chi connectivity index (χ0) is 36.3. The molecule has 0 aliphatic carbocycles. The molecule has 6 heteroatoms. The van der Waals surface area contributed by atoms with Gasteiger partial charge in [0.05, 0.1) is 22.8 Å². The summed E-state index contributed by atoms with van der Waals surface area (Å²) in [5.41, 5.74) is 10.7. The van der Waals surface area contributed by atoms with Gasteiger partial charge in [-0.1, -0.05) is 158 Å². The summed E-state index contributed by atoms with van der Waals surface area (Å²) in [4.78, 5) is 25.2. The van der Waals surface area contributed by atoms with E-state index >= 15 is 0 Å². The highest BCUT2D eigenvalue weighted by Crippen LogP contribution is 2.37. The molecule has 9 rings (SSSR count). The van der Waals surface area contributed by atoms with Crippen LogP contribution in [0.2, 0.25) is 0 Å². The van der Waals surface area contributed by atoms with Crippen molar-refractivity contribution in [3.63, 3.8) is 0 Å². The molecule has 2 aromatic heterocycles. The second-order valence-electron chi connectivity index (χ2n) is 12.8. The van der Waals surface area contributed by atoms with Crippen molar-refractivity contribution in [1.29, 1.82) is 5.26 Å². The molecule has 54 heavy (non-hydrogen) atoms. The average Bonchev–Trinajstić information content (AvgIpc) is 3.26. The second-order valence-corrected chi connectivity index (χ2v) is 12.8. The van der Waals surface area contributed by atoms with Crippen molar-refractivity contribution in [2.45, 2.75) is 0 Å². The van der Waals surface area contributed by atoms with Crippen molar-refractivity contribution in [1.82, 2.24) is 24.9 Å². The van der Waals surface area contributed by atoms with Crippen LogP contribution in [-0.4, -0.2) is 24.9 Å². The summed E-state index contributed by atoms with van der Waals surface area (Å²) >= 11 is 0. The maximum atomic E-state index is 9.79. The van der Waals surface area contributed by atoms with Gasteiger partial charge < -0.3 is 0 Å². The molecule has 0 unspecified atom stereocenters. The number of hydrogen-bond acceptors (Lipinski definition) is 6. The normalized spacial score (nSPS) is 10.9. The molecule has 0 atom stereocenters. The van der Waals surface area contributed by atoms with Crippen molar-refractivity contribution in [3.8, 4) is 85.1 Å². The first-order chi connectivity index (χ1) is 26.7. The zero-order valence-electron chi connectivity index (χ0n) is 29.0. The van der Waals surface area contributed by atoms with Gasteiger partial charge in [0.1, 0.15) is 0 Å². The Balaban J connectivity index is 1.18. The van der Waals surface area contributed by atoms with Gasteiger partial charge in [0.25, 0.3) is 0 Å². The Morgan fingerprint density at radius 2 is 0.778 bits per heavy atom. The number of rotatable bonds is 7. The van der Waals surface area contributed by atoms with Gasteiger partial charge in [-0.05, 0) is 46.5 Å². The van der Waals surface area contributed by atoms with Crippen molar-refractivity contribution >= 4 is 10.9 Å². The van der Waals surface area contributed by atoms with Gasteiger partial charge in [-0.25, -0.2) is 24.9 Å². The summed E-state index contributed by atoms with van der Waals surface area (Å²) in [7, 11) is 0. The Bertz CT molecular complexity index is 2840. The fourth-order valence-corrected chi connectivity index (χ4v) is 6.77. The van der Waals surface area contributed by atoms with Crippen LogP contribution in [0, 0.1) is 11.3 Å². The quantitative estimate of drug-likeness (QED) is 0.165. The van der Waals surface area contributed by atoms with Crippen LogP contribution in [0.1, 0.15) is 5.56 Å². The SMILES string of the molecule is N#Cc1ccccc1-c1cccc(-c2nc(-c3ccccc3)nc(-c3cccc(-c4ccccc4-c4nc(-c5ccccc5)nc5ccccc45)c3)n2)c1. The predicted molar refractivity (Wildman–Crippen MR) is 216 cm³/mol. The highest BCUT2D eigenvalue weighted by Gasteiger charge is 2.18. The van der Waals surface area contributed by atoms with Gasteiger partial charge in [-0.2, -0.15) is 5.26 Å². The number of benzene rings is 7. The second kappa shape index (κ2) is 14.2. The minimum Gasteiger partial charge on any atom is -0.228 e. The highest BCUT2D eigenvalue weighted by atomic mass is 15.0. The van der Waals surface area contributed by atoms with E-state index in [2.05, 4.69) is 48.5 Å². The minimum atomic E-state index is 0.543. The summed E-state index contributed by atoms with van der Waals surface area (Å²) in [5, 5.41) is 10.8. The third-order valence-corrected chi connectivity index (χ3v) is 9.40. The molecule has 0 spiro atoms. The van der Waals surface area contributed by atoms with Crippen molar-refractivity contribution in [2.75, 3.05) is 0 Å². The van der Waals surface area contributed by atoms with Gasteiger partial charge in [-0.3, -0.25) is 0 Å². The third-order valence-electron chi connectivity index (χ3n) is 9.40. The summed E-state index contributed by atoms with van der Waals surface area (Å²) in [6, 6.07) is 62.8. The third kappa shape index (κ3) is 6.27. The Hall–Kier alpha value is -7.62. The van der Waals surface area contributed by atoms with E-state index < -0.39 is 0 Å². The van der Waals surface area contributed by atoms with Crippen LogP contribution in [-0.2, 0) is 0 Å². The summed E-state index contributed by atoms with van der Waals surface area (Å²) in [5.74, 6) is 2.35. The lowest BCUT2D eigenvalue weighted by molar-refractivity contribution is 1.07. The monoisotopic (exact) mass is 690 g/mol. The lowest BCUT2D eigenvalue weighted by Gasteiger charge is -2.14. The number of nitrogens with zero attached hydrogens (tertiary/aromatic N) is 6. The molecule has 0 N–H and O–H groups in total. The number of nitriles is 1. The molecule has 0 aliphatic heterocycles. The summed E-state index contributed by atoms with van der Waals surface area (Å²) < 4.78 is 0. The molecule has 0 amide bonds. The van der Waals surface area contributed by atoms with E-state index in [1.165, 1.54) is 0 Å².